The summed E-state index contributed by atoms with van der Waals surface area (Å²) in [6.07, 6.45) is 15.8. The van der Waals surface area contributed by atoms with Crippen LogP contribution in [0, 0.1) is 18.8 Å². The zero-order valence-corrected chi connectivity index (χ0v) is 27.5. The van der Waals surface area contributed by atoms with Crippen LogP contribution in [0.2, 0.25) is 0 Å². The second kappa shape index (κ2) is 26.3. The van der Waals surface area contributed by atoms with Gasteiger partial charge in [0.05, 0.1) is 12.4 Å². The highest BCUT2D eigenvalue weighted by molar-refractivity contribution is 5.68. The van der Waals surface area contributed by atoms with Crippen molar-refractivity contribution in [2.75, 3.05) is 32.9 Å². The number of hydrogen-bond acceptors (Lipinski definition) is 6. The molecule has 9 heteroatoms. The zero-order chi connectivity index (χ0) is 34.0. The normalized spacial score (nSPS) is 13.6. The molecule has 246 valence electrons. The number of nitrogens with zero attached hydrogens (tertiary/aromatic N) is 1. The molecule has 0 fully saturated rings. The van der Waals surface area contributed by atoms with Gasteiger partial charge in [0.1, 0.15) is 18.1 Å². The number of allylic oxidation sites excluding steroid dienone is 5. The number of hydrogen-bond donors (Lipinski definition) is 4. The Morgan fingerprint density at radius 3 is 2.21 bits per heavy atom. The molecule has 5 N–H and O–H groups in total. The van der Waals surface area contributed by atoms with Crippen molar-refractivity contribution in [1.29, 1.82) is 0 Å². The summed E-state index contributed by atoms with van der Waals surface area (Å²) in [4.78, 5) is 14.1. The minimum atomic E-state index is -0.926. The molecule has 0 radical (unpaired) electrons. The van der Waals surface area contributed by atoms with Crippen molar-refractivity contribution >= 4 is 6.09 Å². The van der Waals surface area contributed by atoms with Crippen LogP contribution >= 0.6 is 0 Å². The van der Waals surface area contributed by atoms with E-state index in [1.54, 1.807) is 20.8 Å². The van der Waals surface area contributed by atoms with Gasteiger partial charge in [0, 0.05) is 32.4 Å². The van der Waals surface area contributed by atoms with E-state index in [0.29, 0.717) is 31.6 Å². The lowest BCUT2D eigenvalue weighted by Gasteiger charge is -2.28. The Morgan fingerprint density at radius 2 is 1.77 bits per heavy atom. The van der Waals surface area contributed by atoms with Crippen molar-refractivity contribution in [3.8, 4) is 12.8 Å². The Kier molecular flexibility index (Phi) is 27.0. The minimum Gasteiger partial charge on any atom is -0.514 e. The zero-order valence-electron chi connectivity index (χ0n) is 27.5. The fourth-order valence-electron chi connectivity index (χ4n) is 3.57. The van der Waals surface area contributed by atoms with E-state index >= 15 is 0 Å². The summed E-state index contributed by atoms with van der Waals surface area (Å²) >= 11 is 0. The van der Waals surface area contributed by atoms with Gasteiger partial charge in [-0.15, -0.1) is 12.8 Å². The van der Waals surface area contributed by atoms with Crippen molar-refractivity contribution < 1.29 is 28.5 Å². The van der Waals surface area contributed by atoms with E-state index in [9.17, 15) is 18.7 Å². The van der Waals surface area contributed by atoms with Crippen LogP contribution in [0.5, 0.6) is 0 Å². The number of carbonyl (C=O) groups excluding carboxylic acids is 1. The van der Waals surface area contributed by atoms with Gasteiger partial charge >= 0.3 is 6.09 Å². The molecule has 0 saturated heterocycles. The van der Waals surface area contributed by atoms with Crippen LogP contribution in [0.15, 0.2) is 72.0 Å². The monoisotopic (exact) mass is 609 g/mol. The number of aliphatic hydroxyl groups excluding tert-OH is 2. The second-order valence-electron chi connectivity index (χ2n) is 10.8. The van der Waals surface area contributed by atoms with Gasteiger partial charge in [0.15, 0.2) is 0 Å². The molecule has 0 spiro atoms. The highest BCUT2D eigenvalue weighted by Crippen LogP contribution is 2.21. The van der Waals surface area contributed by atoms with Crippen molar-refractivity contribution in [1.82, 2.24) is 10.2 Å². The quantitative estimate of drug-likeness (QED) is 0.0776. The maximum atomic E-state index is 14.2. The number of terminal acetylenes is 1. The summed E-state index contributed by atoms with van der Waals surface area (Å²) in [5, 5.41) is 21.7. The molecule has 2 atom stereocenters. The molecule has 0 bridgehead atoms. The summed E-state index contributed by atoms with van der Waals surface area (Å²) in [5.74, 6) is -0.955. The summed E-state index contributed by atoms with van der Waals surface area (Å²) in [7, 11) is 0. The van der Waals surface area contributed by atoms with Gasteiger partial charge < -0.3 is 30.9 Å². The molecule has 0 aromatic carbocycles. The van der Waals surface area contributed by atoms with Crippen LogP contribution in [-0.2, 0) is 4.74 Å². The Hall–Kier alpha value is -3.35. The molecule has 0 saturated carbocycles. The molecule has 0 aromatic heterocycles. The number of halogens is 2. The summed E-state index contributed by atoms with van der Waals surface area (Å²) in [5.41, 5.74) is 7.64. The minimum absolute atomic E-state index is 0.117. The molecular weight excluding hydrogens is 552 g/mol. The number of rotatable bonds is 17. The molecule has 1 amide bonds. The third-order valence-electron chi connectivity index (χ3n) is 5.88. The van der Waals surface area contributed by atoms with Gasteiger partial charge in [-0.3, -0.25) is 0 Å². The Labute approximate surface area is 259 Å². The largest absolute Gasteiger partial charge is 0.514 e. The van der Waals surface area contributed by atoms with Crippen LogP contribution in [0.1, 0.15) is 74.1 Å². The molecule has 0 aliphatic rings. The van der Waals surface area contributed by atoms with E-state index in [1.807, 2.05) is 13.8 Å². The van der Waals surface area contributed by atoms with Crippen LogP contribution in [0.3, 0.4) is 0 Å². The highest BCUT2D eigenvalue weighted by Gasteiger charge is 2.23. The number of aliphatic hydroxyl groups is 2. The van der Waals surface area contributed by atoms with E-state index in [1.165, 1.54) is 11.0 Å². The summed E-state index contributed by atoms with van der Waals surface area (Å²) in [6, 6.07) is 0. The molecule has 0 aromatic rings. The van der Waals surface area contributed by atoms with E-state index in [0.717, 1.165) is 54.5 Å². The fourth-order valence-corrected chi connectivity index (χ4v) is 3.57. The average Bonchev–Trinajstić information content (AvgIpc) is 2.95. The first-order valence-corrected chi connectivity index (χ1v) is 14.6. The average molecular weight is 610 g/mol. The maximum Gasteiger partial charge on any atom is 0.410 e. The third-order valence-corrected chi connectivity index (χ3v) is 5.88. The highest BCUT2D eigenvalue weighted by atomic mass is 19.1. The molecule has 7 nitrogen and oxygen atoms in total. The summed E-state index contributed by atoms with van der Waals surface area (Å²) in [6.45, 7) is 21.9. The maximum absolute atomic E-state index is 14.2. The number of carbonyl (C=O) groups is 1. The van der Waals surface area contributed by atoms with Crippen molar-refractivity contribution in [2.45, 2.75) is 85.9 Å². The van der Waals surface area contributed by atoms with Crippen molar-refractivity contribution in [2.24, 2.45) is 11.7 Å². The predicted molar refractivity (Wildman–Crippen MR) is 177 cm³/mol. The third kappa shape index (κ3) is 23.9. The number of alkyl halides is 1. The smallest absolute Gasteiger partial charge is 0.410 e. The van der Waals surface area contributed by atoms with E-state index in [4.69, 9.17) is 9.84 Å². The van der Waals surface area contributed by atoms with Gasteiger partial charge in [-0.1, -0.05) is 57.6 Å². The van der Waals surface area contributed by atoms with E-state index in [-0.39, 0.29) is 12.5 Å². The molecule has 0 aliphatic heterocycles. The molecule has 0 rings (SSSR count). The van der Waals surface area contributed by atoms with Crippen LogP contribution in [0.4, 0.5) is 13.6 Å². The first-order valence-electron chi connectivity index (χ1n) is 14.6. The second-order valence-corrected chi connectivity index (χ2v) is 10.8. The lowest BCUT2D eigenvalue weighted by atomic mass is 9.94. The van der Waals surface area contributed by atoms with Crippen LogP contribution in [-0.4, -0.2) is 65.8 Å². The van der Waals surface area contributed by atoms with E-state index < -0.39 is 30.3 Å². The van der Waals surface area contributed by atoms with Gasteiger partial charge in [-0.05, 0) is 76.2 Å². The van der Waals surface area contributed by atoms with Gasteiger partial charge in [-0.25, -0.2) is 13.6 Å². The van der Waals surface area contributed by atoms with Crippen molar-refractivity contribution in [3.05, 3.63) is 72.0 Å². The standard InChI is InChI=1S/C30H50F2N2O3.C2H5NO.C2H2/c1-10-13-23(5)26(16-22(4)11-2)19-33-20-28(35)24(6)17-25(18-27(32)14-15-31)21-34(12-3)29(36)37-30(7,8)9;3-1-2-4;1-2/h14,16,18,24,28,33,35H,4-5,10-13,15,17,19-21H2,1-3,6-9H3;1-2,4H,3H2;1-2H/b25-18-,26-16-,27-14+;2-1-;. The fraction of sp³-hybridized carbons (Fsp3) is 0.559. The van der Waals surface area contributed by atoms with Gasteiger partial charge in [0.25, 0.3) is 0 Å². The SMILES string of the molecule is C#C.C=C(/C=C(/CNCC(O)C(C)C/C(=C/C(F)=C\CF)CN(CC)C(=O)OC(C)(C)C)C(=C)CCC)CC.N/C=C\O. The number of likely N-dealkylation sites (N-methyl/N-ethyl adjacent to an activating group) is 1. The van der Waals surface area contributed by atoms with Crippen LogP contribution in [0.25, 0.3) is 0 Å². The lowest BCUT2D eigenvalue weighted by Crippen LogP contribution is -2.38. The predicted octanol–water partition coefficient (Wildman–Crippen LogP) is 7.44. The Bertz CT molecular complexity index is 943. The summed E-state index contributed by atoms with van der Waals surface area (Å²) < 4.78 is 32.3. The topological polar surface area (TPSA) is 108 Å². The first-order chi connectivity index (χ1) is 20.2. The number of amides is 1. The lowest BCUT2D eigenvalue weighted by molar-refractivity contribution is 0.0273. The number of ether oxygens (including phenoxy) is 1. The Balaban J connectivity index is -0.00000244. The number of nitrogens with two attached hydrogens (primary N) is 1. The number of nitrogens with one attached hydrogen (secondary N) is 1. The Morgan fingerprint density at radius 1 is 1.19 bits per heavy atom. The molecule has 43 heavy (non-hydrogen) atoms. The van der Waals surface area contributed by atoms with Gasteiger partial charge in [-0.2, -0.15) is 0 Å². The molecule has 2 unspecified atom stereocenters. The van der Waals surface area contributed by atoms with Crippen LogP contribution < -0.4 is 11.1 Å². The van der Waals surface area contributed by atoms with Gasteiger partial charge in [0.2, 0.25) is 0 Å². The molecule has 0 aliphatic carbocycles. The first kappa shape index (κ1) is 44.1. The molecule has 0 heterocycles. The molecular formula is C34H57F2N3O4. The van der Waals surface area contributed by atoms with Crippen molar-refractivity contribution in [3.63, 3.8) is 0 Å². The van der Waals surface area contributed by atoms with E-state index in [2.05, 4.69) is 57.0 Å².